The van der Waals surface area contributed by atoms with Crippen molar-refractivity contribution in [1.29, 1.82) is 0 Å². The number of rotatable bonds is 3. The molecule has 4 aliphatic rings. The summed E-state index contributed by atoms with van der Waals surface area (Å²) in [6.07, 6.45) is 7.18. The van der Waals surface area contributed by atoms with Crippen molar-refractivity contribution in [1.82, 2.24) is 15.0 Å². The molecule has 4 unspecified atom stereocenters. The molecule has 2 bridgehead atoms. The summed E-state index contributed by atoms with van der Waals surface area (Å²) < 4.78 is 11.2. The molecule has 23 heavy (non-hydrogen) atoms. The number of hydrogen-bond acceptors (Lipinski definition) is 5. The van der Waals surface area contributed by atoms with Crippen LogP contribution in [0, 0.1) is 11.8 Å². The Kier molecular flexibility index (Phi) is 3.09. The maximum Gasteiger partial charge on any atom is 0.276 e. The zero-order chi connectivity index (χ0) is 15.4. The molecule has 6 nitrogen and oxygen atoms in total. The molecule has 3 fully saturated rings. The van der Waals surface area contributed by atoms with Crippen molar-refractivity contribution in [3.05, 3.63) is 29.7 Å². The van der Waals surface area contributed by atoms with Crippen LogP contribution >= 0.6 is 0 Å². The highest BCUT2D eigenvalue weighted by atomic mass is 16.5. The number of aromatic nitrogens is 1. The van der Waals surface area contributed by atoms with Gasteiger partial charge >= 0.3 is 0 Å². The highest BCUT2D eigenvalue weighted by Crippen LogP contribution is 2.43. The fourth-order valence-corrected chi connectivity index (χ4v) is 4.51. The third-order valence-corrected chi connectivity index (χ3v) is 5.70. The van der Waals surface area contributed by atoms with Gasteiger partial charge in [-0.25, -0.2) is 0 Å². The second-order valence-corrected chi connectivity index (χ2v) is 7.15. The first kappa shape index (κ1) is 13.7. The zero-order valence-corrected chi connectivity index (χ0v) is 13.1. The Bertz CT molecular complexity index is 629. The number of likely N-dealkylation sites (tertiary alicyclic amines) is 2. The van der Waals surface area contributed by atoms with E-state index in [0.29, 0.717) is 17.5 Å². The predicted octanol–water partition coefficient (Wildman–Crippen LogP) is 1.30. The molecule has 1 aromatic heterocycles. The van der Waals surface area contributed by atoms with Crippen LogP contribution in [0.15, 0.2) is 22.7 Å². The smallest absolute Gasteiger partial charge is 0.276 e. The molecule has 1 aromatic rings. The van der Waals surface area contributed by atoms with Crippen molar-refractivity contribution in [2.45, 2.75) is 31.6 Å². The molecule has 1 amide bonds. The molecule has 5 heterocycles. The largest absolute Gasteiger partial charge is 0.366 e. The van der Waals surface area contributed by atoms with E-state index in [1.807, 2.05) is 11.0 Å². The van der Waals surface area contributed by atoms with E-state index < -0.39 is 0 Å². The van der Waals surface area contributed by atoms with E-state index in [1.54, 1.807) is 0 Å². The molecule has 3 saturated heterocycles. The number of carbonyl (C=O) groups is 1. The molecular formula is C17H21N3O3. The van der Waals surface area contributed by atoms with Gasteiger partial charge in [0.05, 0.1) is 18.8 Å². The number of carbonyl (C=O) groups excluding carboxylic acids is 1. The lowest BCUT2D eigenvalue weighted by Crippen LogP contribution is -2.31. The van der Waals surface area contributed by atoms with E-state index in [1.165, 1.54) is 12.8 Å². The van der Waals surface area contributed by atoms with Gasteiger partial charge in [0.25, 0.3) is 5.91 Å². The summed E-state index contributed by atoms with van der Waals surface area (Å²) in [5.74, 6) is 1.68. The first-order valence-corrected chi connectivity index (χ1v) is 8.59. The van der Waals surface area contributed by atoms with Gasteiger partial charge in [0.15, 0.2) is 11.5 Å². The normalized spacial score (nSPS) is 35.4. The van der Waals surface area contributed by atoms with Crippen molar-refractivity contribution in [2.24, 2.45) is 11.8 Å². The van der Waals surface area contributed by atoms with Gasteiger partial charge in [-0.15, -0.1) is 0 Å². The topological polar surface area (TPSA) is 58.8 Å². The number of fused-ring (bicyclic) bond motifs is 5. The number of hydrogen-bond donors (Lipinski definition) is 0. The van der Waals surface area contributed by atoms with Gasteiger partial charge in [0, 0.05) is 31.0 Å². The van der Waals surface area contributed by atoms with Gasteiger partial charge in [-0.3, -0.25) is 9.69 Å². The molecule has 0 radical (unpaired) electrons. The molecule has 0 saturated carbocycles. The van der Waals surface area contributed by atoms with Crippen LogP contribution in [0.2, 0.25) is 0 Å². The molecule has 5 rings (SSSR count). The molecule has 0 spiro atoms. The van der Waals surface area contributed by atoms with Crippen LogP contribution in [0.25, 0.3) is 0 Å². The number of amides is 1. The predicted molar refractivity (Wildman–Crippen MR) is 81.7 cm³/mol. The third-order valence-electron chi connectivity index (χ3n) is 5.70. The minimum Gasteiger partial charge on any atom is -0.366 e. The lowest BCUT2D eigenvalue weighted by Gasteiger charge is -2.17. The number of ether oxygens (including phenoxy) is 1. The molecule has 122 valence electrons. The Balaban J connectivity index is 1.26. The summed E-state index contributed by atoms with van der Waals surface area (Å²) in [4.78, 5) is 17.0. The van der Waals surface area contributed by atoms with Crippen LogP contribution in [0.5, 0.6) is 0 Å². The Morgan fingerprint density at radius 3 is 2.57 bits per heavy atom. The van der Waals surface area contributed by atoms with Gasteiger partial charge in [-0.2, -0.15) is 0 Å². The highest BCUT2D eigenvalue weighted by molar-refractivity contribution is 5.92. The molecule has 0 aromatic carbocycles. The van der Waals surface area contributed by atoms with E-state index in [4.69, 9.17) is 9.26 Å². The first-order valence-electron chi connectivity index (χ1n) is 8.59. The van der Waals surface area contributed by atoms with Crippen LogP contribution in [0.1, 0.15) is 29.1 Å². The molecule has 6 heteroatoms. The second kappa shape index (κ2) is 5.18. The minimum absolute atomic E-state index is 0.00442. The fourth-order valence-electron chi connectivity index (χ4n) is 4.51. The number of nitrogens with zero attached hydrogens (tertiary/aromatic N) is 3. The lowest BCUT2D eigenvalue weighted by atomic mass is 9.86. The Hall–Kier alpha value is -1.66. The quantitative estimate of drug-likeness (QED) is 0.787. The maximum absolute atomic E-state index is 12.7. The monoisotopic (exact) mass is 315 g/mol. The van der Waals surface area contributed by atoms with Gasteiger partial charge in [-0.05, 0) is 25.9 Å². The first-order chi connectivity index (χ1) is 11.3. The summed E-state index contributed by atoms with van der Waals surface area (Å²) in [5.41, 5.74) is 0.445. The zero-order valence-electron chi connectivity index (χ0n) is 13.1. The van der Waals surface area contributed by atoms with E-state index in [-0.39, 0.29) is 18.1 Å². The van der Waals surface area contributed by atoms with Crippen LogP contribution in [-0.2, 0) is 11.3 Å². The van der Waals surface area contributed by atoms with E-state index >= 15 is 0 Å². The summed E-state index contributed by atoms with van der Waals surface area (Å²) in [5, 5.41) is 4.01. The van der Waals surface area contributed by atoms with Crippen LogP contribution in [0.4, 0.5) is 0 Å². The van der Waals surface area contributed by atoms with Crippen LogP contribution in [0.3, 0.4) is 0 Å². The minimum atomic E-state index is -0.00442. The lowest BCUT2D eigenvalue weighted by molar-refractivity contribution is 0.0648. The Morgan fingerprint density at radius 2 is 1.87 bits per heavy atom. The Labute approximate surface area is 135 Å². The average molecular weight is 315 g/mol. The van der Waals surface area contributed by atoms with Crippen molar-refractivity contribution in [2.75, 3.05) is 26.2 Å². The second-order valence-electron chi connectivity index (χ2n) is 7.15. The molecular weight excluding hydrogens is 294 g/mol. The fraction of sp³-hybridized carbons (Fsp3) is 0.647. The van der Waals surface area contributed by atoms with Crippen molar-refractivity contribution in [3.8, 4) is 0 Å². The highest BCUT2D eigenvalue weighted by Gasteiger charge is 2.51. The average Bonchev–Trinajstić information content (AvgIpc) is 3.33. The van der Waals surface area contributed by atoms with Gasteiger partial charge < -0.3 is 14.2 Å². The molecule has 4 atom stereocenters. The maximum atomic E-state index is 12.7. The van der Waals surface area contributed by atoms with Gasteiger partial charge in [-0.1, -0.05) is 17.3 Å². The van der Waals surface area contributed by atoms with Gasteiger partial charge in [0.1, 0.15) is 0 Å². The molecule has 0 N–H and O–H groups in total. The van der Waals surface area contributed by atoms with Crippen molar-refractivity contribution in [3.63, 3.8) is 0 Å². The third kappa shape index (κ3) is 2.23. The van der Waals surface area contributed by atoms with Crippen molar-refractivity contribution >= 4 is 5.91 Å². The van der Waals surface area contributed by atoms with Crippen LogP contribution in [-0.4, -0.2) is 59.3 Å². The van der Waals surface area contributed by atoms with Crippen molar-refractivity contribution < 1.29 is 14.1 Å². The summed E-state index contributed by atoms with van der Waals surface area (Å²) in [6, 6.07) is 1.82. The molecule has 0 aliphatic carbocycles. The summed E-state index contributed by atoms with van der Waals surface area (Å²) in [6.45, 7) is 4.50. The summed E-state index contributed by atoms with van der Waals surface area (Å²) in [7, 11) is 0. The Morgan fingerprint density at radius 1 is 1.17 bits per heavy atom. The van der Waals surface area contributed by atoms with Gasteiger partial charge in [0.2, 0.25) is 0 Å². The van der Waals surface area contributed by atoms with E-state index in [0.717, 1.165) is 38.5 Å². The molecule has 4 aliphatic heterocycles. The van der Waals surface area contributed by atoms with Crippen LogP contribution < -0.4 is 0 Å². The SMILES string of the molecule is O=C(c1cc(CN2CCCC2)on1)N1CC2C3C=CC(O3)C2C1. The standard InChI is InChI=1S/C17H21N3O3/c21-17(14-7-11(23-18-14)8-19-5-1-2-6-19)20-9-12-13(10-20)16-4-3-15(12)22-16/h3-4,7,12-13,15-16H,1-2,5-6,8-10H2. The summed E-state index contributed by atoms with van der Waals surface area (Å²) >= 11 is 0. The van der Waals surface area contributed by atoms with E-state index in [9.17, 15) is 4.79 Å². The van der Waals surface area contributed by atoms with E-state index in [2.05, 4.69) is 22.2 Å².